The number of hydrogen-bond acceptors (Lipinski definition) is 5. The van der Waals surface area contributed by atoms with Crippen molar-refractivity contribution >= 4 is 5.97 Å². The molecule has 5 heteroatoms. The number of rotatable bonds is 9. The average Bonchev–Trinajstić information content (AvgIpc) is 2.98. The predicted molar refractivity (Wildman–Crippen MR) is 151 cm³/mol. The van der Waals surface area contributed by atoms with Crippen LogP contribution in [0, 0.1) is 5.92 Å². The zero-order chi connectivity index (χ0) is 26.2. The number of carbonyl (C=O) groups excluding carboxylic acids is 1. The number of likely N-dealkylation sites (tertiary alicyclic amines) is 1. The Balaban J connectivity index is 1.22. The number of ether oxygens (including phenoxy) is 1. The van der Waals surface area contributed by atoms with E-state index in [9.17, 15) is 4.79 Å². The molecule has 2 N–H and O–H groups in total. The summed E-state index contributed by atoms with van der Waals surface area (Å²) < 4.78 is 5.97. The Morgan fingerprint density at radius 2 is 1.47 bits per heavy atom. The molecule has 1 aromatic heterocycles. The van der Waals surface area contributed by atoms with Gasteiger partial charge in [0.05, 0.1) is 12.3 Å². The number of nitrogens with two attached hydrogens (primary N) is 1. The first-order valence-corrected chi connectivity index (χ1v) is 13.4. The zero-order valence-corrected chi connectivity index (χ0v) is 21.7. The fourth-order valence-corrected chi connectivity index (χ4v) is 5.13. The van der Waals surface area contributed by atoms with Gasteiger partial charge < -0.3 is 10.5 Å². The summed E-state index contributed by atoms with van der Waals surface area (Å²) in [6.45, 7) is 3.93. The van der Waals surface area contributed by atoms with Crippen LogP contribution in [-0.2, 0) is 22.6 Å². The summed E-state index contributed by atoms with van der Waals surface area (Å²) in [5.74, 6) is -0.250. The van der Waals surface area contributed by atoms with Crippen molar-refractivity contribution in [2.75, 3.05) is 19.7 Å². The lowest BCUT2D eigenvalue weighted by atomic mass is 9.90. The summed E-state index contributed by atoms with van der Waals surface area (Å²) >= 11 is 0. The van der Waals surface area contributed by atoms with Crippen molar-refractivity contribution in [3.05, 3.63) is 126 Å². The van der Waals surface area contributed by atoms with Crippen LogP contribution in [0.3, 0.4) is 0 Å². The second-order valence-corrected chi connectivity index (χ2v) is 10.0. The van der Waals surface area contributed by atoms with Gasteiger partial charge in [0, 0.05) is 24.8 Å². The third-order valence-corrected chi connectivity index (χ3v) is 7.40. The monoisotopic (exact) mass is 505 g/mol. The molecule has 1 aliphatic heterocycles. The van der Waals surface area contributed by atoms with Crippen molar-refractivity contribution in [2.24, 2.45) is 11.7 Å². The highest BCUT2D eigenvalue weighted by Gasteiger charge is 2.27. The highest BCUT2D eigenvalue weighted by molar-refractivity contribution is 5.82. The number of esters is 1. The van der Waals surface area contributed by atoms with Crippen LogP contribution in [0.25, 0.3) is 11.1 Å². The van der Waals surface area contributed by atoms with Gasteiger partial charge in [0.15, 0.2) is 0 Å². The minimum atomic E-state index is -0.457. The number of hydrogen-bond donors (Lipinski definition) is 1. The maximum Gasteiger partial charge on any atom is 0.317 e. The molecule has 1 atom stereocenters. The first-order chi connectivity index (χ1) is 18.7. The van der Waals surface area contributed by atoms with E-state index in [1.165, 1.54) is 5.56 Å². The van der Waals surface area contributed by atoms with E-state index in [4.69, 9.17) is 10.5 Å². The summed E-state index contributed by atoms with van der Waals surface area (Å²) in [6.07, 6.45) is 3.93. The number of pyridine rings is 1. The Labute approximate surface area is 225 Å². The van der Waals surface area contributed by atoms with E-state index in [0.29, 0.717) is 19.1 Å². The van der Waals surface area contributed by atoms with E-state index in [2.05, 4.69) is 40.2 Å². The average molecular weight is 506 g/mol. The summed E-state index contributed by atoms with van der Waals surface area (Å²) in [4.78, 5) is 20.3. The minimum absolute atomic E-state index is 0.190. The number of benzene rings is 3. The molecule has 38 heavy (non-hydrogen) atoms. The quantitative estimate of drug-likeness (QED) is 0.292. The molecular formula is C33H35N3O2. The van der Waals surface area contributed by atoms with Crippen LogP contribution in [0.2, 0.25) is 0 Å². The molecular weight excluding hydrogens is 470 g/mol. The summed E-state index contributed by atoms with van der Waals surface area (Å²) in [5, 5.41) is 0. The molecule has 1 unspecified atom stereocenters. The van der Waals surface area contributed by atoms with Gasteiger partial charge in [-0.3, -0.25) is 14.7 Å². The van der Waals surface area contributed by atoms with Gasteiger partial charge in [0.2, 0.25) is 0 Å². The van der Waals surface area contributed by atoms with Crippen LogP contribution in [0.5, 0.6) is 0 Å². The first-order valence-electron chi connectivity index (χ1n) is 13.4. The van der Waals surface area contributed by atoms with Gasteiger partial charge in [-0.05, 0) is 60.2 Å². The van der Waals surface area contributed by atoms with Crippen molar-refractivity contribution < 1.29 is 9.53 Å². The third-order valence-electron chi connectivity index (χ3n) is 7.40. The van der Waals surface area contributed by atoms with Gasteiger partial charge in [-0.15, -0.1) is 0 Å². The molecule has 1 aliphatic rings. The summed E-state index contributed by atoms with van der Waals surface area (Å²) in [7, 11) is 0. The van der Waals surface area contributed by atoms with Gasteiger partial charge >= 0.3 is 5.97 Å². The summed E-state index contributed by atoms with van der Waals surface area (Å²) in [5.41, 5.74) is 11.8. The molecule has 0 radical (unpaired) electrons. The van der Waals surface area contributed by atoms with Crippen LogP contribution in [0.4, 0.5) is 0 Å². The van der Waals surface area contributed by atoms with E-state index >= 15 is 0 Å². The van der Waals surface area contributed by atoms with Crippen LogP contribution in [0.15, 0.2) is 103 Å². The lowest BCUT2D eigenvalue weighted by molar-refractivity contribution is -0.146. The highest BCUT2D eigenvalue weighted by atomic mass is 16.5. The van der Waals surface area contributed by atoms with Gasteiger partial charge in [0.1, 0.15) is 5.92 Å². The van der Waals surface area contributed by atoms with E-state index in [1.807, 2.05) is 72.9 Å². The van der Waals surface area contributed by atoms with Crippen molar-refractivity contribution in [3.63, 3.8) is 0 Å². The number of piperidine rings is 1. The van der Waals surface area contributed by atoms with Gasteiger partial charge in [-0.2, -0.15) is 0 Å². The van der Waals surface area contributed by atoms with Crippen LogP contribution >= 0.6 is 0 Å². The molecule has 4 aromatic rings. The Hall–Kier alpha value is -3.80. The molecule has 2 heterocycles. The largest absolute Gasteiger partial charge is 0.465 e. The number of aromatic nitrogens is 1. The van der Waals surface area contributed by atoms with Crippen LogP contribution < -0.4 is 5.73 Å². The minimum Gasteiger partial charge on any atom is -0.465 e. The SMILES string of the molecule is NCc1ccc(-c2ccc(C(C(=O)OCC3CCN(Cc4ccccc4)CC3)c3ccccc3)cc2)cn1. The molecule has 0 aliphatic carbocycles. The van der Waals surface area contributed by atoms with Gasteiger partial charge in [0.25, 0.3) is 0 Å². The Kier molecular flexibility index (Phi) is 8.59. The van der Waals surface area contributed by atoms with Crippen molar-refractivity contribution in [3.8, 4) is 11.1 Å². The standard InChI is InChI=1S/C33H35N3O2/c34-21-31-16-15-30(22-35-31)27-11-13-29(14-12-27)32(28-9-5-2-6-10-28)33(37)38-24-26-17-19-36(20-18-26)23-25-7-3-1-4-8-25/h1-16,22,26,32H,17-21,23-24,34H2. The van der Waals surface area contributed by atoms with E-state index in [0.717, 1.165) is 60.4 Å². The molecule has 194 valence electrons. The molecule has 3 aromatic carbocycles. The molecule has 0 bridgehead atoms. The lowest BCUT2D eigenvalue weighted by Gasteiger charge is -2.32. The number of carbonyl (C=O) groups is 1. The van der Waals surface area contributed by atoms with Crippen LogP contribution in [0.1, 0.15) is 41.1 Å². The molecule has 0 spiro atoms. The fraction of sp³-hybridized carbons (Fsp3) is 0.273. The topological polar surface area (TPSA) is 68.5 Å². The smallest absolute Gasteiger partial charge is 0.317 e. The zero-order valence-electron chi connectivity index (χ0n) is 21.7. The maximum absolute atomic E-state index is 13.5. The Morgan fingerprint density at radius 1 is 0.842 bits per heavy atom. The van der Waals surface area contributed by atoms with Crippen LogP contribution in [-0.4, -0.2) is 35.5 Å². The van der Waals surface area contributed by atoms with Gasteiger partial charge in [-0.1, -0.05) is 91.0 Å². The second-order valence-electron chi connectivity index (χ2n) is 10.0. The Bertz CT molecular complexity index is 1280. The molecule has 5 nitrogen and oxygen atoms in total. The normalized spacial score (nSPS) is 15.2. The second kappa shape index (κ2) is 12.6. The van der Waals surface area contributed by atoms with E-state index in [1.54, 1.807) is 0 Å². The molecule has 1 fully saturated rings. The molecule has 0 saturated carbocycles. The van der Waals surface area contributed by atoms with E-state index in [-0.39, 0.29) is 5.97 Å². The maximum atomic E-state index is 13.5. The highest BCUT2D eigenvalue weighted by Crippen LogP contribution is 2.29. The van der Waals surface area contributed by atoms with Crippen molar-refractivity contribution in [1.29, 1.82) is 0 Å². The molecule has 0 amide bonds. The fourth-order valence-electron chi connectivity index (χ4n) is 5.13. The Morgan fingerprint density at radius 3 is 2.11 bits per heavy atom. The molecule has 1 saturated heterocycles. The van der Waals surface area contributed by atoms with Crippen molar-refractivity contribution in [2.45, 2.75) is 31.8 Å². The van der Waals surface area contributed by atoms with E-state index < -0.39 is 5.92 Å². The van der Waals surface area contributed by atoms with Crippen molar-refractivity contribution in [1.82, 2.24) is 9.88 Å². The lowest BCUT2D eigenvalue weighted by Crippen LogP contribution is -2.35. The first kappa shape index (κ1) is 25.8. The van der Waals surface area contributed by atoms with Gasteiger partial charge in [-0.25, -0.2) is 0 Å². The predicted octanol–water partition coefficient (Wildman–Crippen LogP) is 5.79. The third kappa shape index (κ3) is 6.55. The molecule has 5 rings (SSSR count). The summed E-state index contributed by atoms with van der Waals surface area (Å²) in [6, 6.07) is 32.6. The number of nitrogens with zero attached hydrogens (tertiary/aromatic N) is 2.